The fourth-order valence-corrected chi connectivity index (χ4v) is 2.96. The van der Waals surface area contributed by atoms with Gasteiger partial charge < -0.3 is 5.11 Å². The zero-order chi connectivity index (χ0) is 16.1. The number of benzene rings is 2. The van der Waals surface area contributed by atoms with Crippen LogP contribution in [0.25, 0.3) is 0 Å². The molecule has 2 aromatic rings. The van der Waals surface area contributed by atoms with Crippen molar-refractivity contribution in [2.45, 2.75) is 47.0 Å². The maximum atomic E-state index is 10.8. The molecule has 0 amide bonds. The number of phenols is 1. The molecule has 0 bridgehead atoms. The van der Waals surface area contributed by atoms with E-state index in [4.69, 9.17) is 0 Å². The van der Waals surface area contributed by atoms with Gasteiger partial charge in [-0.3, -0.25) is 0 Å². The fourth-order valence-electron chi connectivity index (χ4n) is 2.96. The highest BCUT2D eigenvalue weighted by Crippen LogP contribution is 2.31. The summed E-state index contributed by atoms with van der Waals surface area (Å²) in [6.07, 6.45) is 2.74. The van der Waals surface area contributed by atoms with Crippen LogP contribution in [0.2, 0.25) is 0 Å². The summed E-state index contributed by atoms with van der Waals surface area (Å²) in [7, 11) is 0. The Bertz CT molecular complexity index is 597. The van der Waals surface area contributed by atoms with E-state index in [-0.39, 0.29) is 0 Å². The van der Waals surface area contributed by atoms with Crippen molar-refractivity contribution in [1.29, 1.82) is 0 Å². The van der Waals surface area contributed by atoms with Gasteiger partial charge in [0.15, 0.2) is 0 Å². The maximum Gasteiger partial charge on any atom is 0.122 e. The third-order valence-corrected chi connectivity index (χ3v) is 3.94. The molecule has 0 aromatic heterocycles. The lowest BCUT2D eigenvalue weighted by molar-refractivity contribution is 0.454. The van der Waals surface area contributed by atoms with Gasteiger partial charge in [0.2, 0.25) is 0 Å². The van der Waals surface area contributed by atoms with Gasteiger partial charge in [-0.25, -0.2) is 0 Å². The van der Waals surface area contributed by atoms with E-state index < -0.39 is 0 Å². The monoisotopic (exact) mass is 296 g/mol. The molecule has 118 valence electrons. The first-order valence-electron chi connectivity index (χ1n) is 8.34. The molecule has 0 saturated carbocycles. The molecule has 0 aliphatic rings. The topological polar surface area (TPSA) is 20.2 Å². The van der Waals surface area contributed by atoms with Crippen LogP contribution in [0, 0.1) is 11.8 Å². The molecule has 2 aromatic carbocycles. The molecule has 1 heteroatoms. The Morgan fingerprint density at radius 2 is 1.32 bits per heavy atom. The summed E-state index contributed by atoms with van der Waals surface area (Å²) < 4.78 is 0. The molecule has 0 fully saturated rings. The molecule has 0 aliphatic heterocycles. The van der Waals surface area contributed by atoms with E-state index in [1.54, 1.807) is 0 Å². The molecule has 0 spiro atoms. The Kier molecular flexibility index (Phi) is 5.65. The maximum absolute atomic E-state index is 10.8. The van der Waals surface area contributed by atoms with Crippen molar-refractivity contribution in [2.24, 2.45) is 11.8 Å². The number of phenolic OH excluding ortho intramolecular Hbond substituents is 1. The lowest BCUT2D eigenvalue weighted by Gasteiger charge is -2.17. The minimum atomic E-state index is 0.510. The van der Waals surface area contributed by atoms with Gasteiger partial charge in [-0.2, -0.15) is 0 Å². The molecule has 0 atom stereocenters. The normalized spacial score (nSPS) is 11.4. The lowest BCUT2D eigenvalue weighted by atomic mass is 9.89. The van der Waals surface area contributed by atoms with Crippen LogP contribution in [0.3, 0.4) is 0 Å². The van der Waals surface area contributed by atoms with Crippen molar-refractivity contribution >= 4 is 0 Å². The molecule has 0 heterocycles. The third kappa shape index (κ3) is 4.37. The van der Waals surface area contributed by atoms with E-state index in [0.717, 1.165) is 30.4 Å². The van der Waals surface area contributed by atoms with Crippen molar-refractivity contribution in [3.8, 4) is 5.75 Å². The molecular weight excluding hydrogens is 268 g/mol. The van der Waals surface area contributed by atoms with Crippen molar-refractivity contribution in [1.82, 2.24) is 0 Å². The second-order valence-corrected chi connectivity index (χ2v) is 7.07. The zero-order valence-corrected chi connectivity index (χ0v) is 14.3. The van der Waals surface area contributed by atoms with Gasteiger partial charge >= 0.3 is 0 Å². The summed E-state index contributed by atoms with van der Waals surface area (Å²) in [6, 6.07) is 14.8. The van der Waals surface area contributed by atoms with Gasteiger partial charge in [0.1, 0.15) is 5.75 Å². The van der Waals surface area contributed by atoms with Crippen LogP contribution in [0.4, 0.5) is 0 Å². The van der Waals surface area contributed by atoms with Crippen LogP contribution in [0.15, 0.2) is 42.5 Å². The highest BCUT2D eigenvalue weighted by Gasteiger charge is 2.15. The summed E-state index contributed by atoms with van der Waals surface area (Å²) in [4.78, 5) is 0. The van der Waals surface area contributed by atoms with Gasteiger partial charge in [-0.15, -0.1) is 0 Å². The average molecular weight is 296 g/mol. The van der Waals surface area contributed by atoms with Gasteiger partial charge in [0.05, 0.1) is 0 Å². The highest BCUT2D eigenvalue weighted by molar-refractivity contribution is 5.48. The van der Waals surface area contributed by atoms with Gasteiger partial charge in [-0.05, 0) is 41.4 Å². The van der Waals surface area contributed by atoms with E-state index in [1.165, 1.54) is 11.1 Å². The molecular formula is C21H28O. The van der Waals surface area contributed by atoms with Crippen LogP contribution >= 0.6 is 0 Å². The van der Waals surface area contributed by atoms with E-state index in [1.807, 2.05) is 6.07 Å². The Hall–Kier alpha value is -1.76. The highest BCUT2D eigenvalue weighted by atomic mass is 16.3. The molecule has 22 heavy (non-hydrogen) atoms. The van der Waals surface area contributed by atoms with Crippen molar-refractivity contribution in [3.63, 3.8) is 0 Å². The predicted octanol–water partition coefficient (Wildman–Crippen LogP) is 5.38. The standard InChI is InChI=1S/C21H28O/c1-15(2)12-18-10-11-19(13-16(3)4)21(22)20(18)14-17-8-6-5-7-9-17/h5-11,15-16,22H,12-14H2,1-4H3. The fraction of sp³-hybridized carbons (Fsp3) is 0.429. The molecule has 0 radical (unpaired) electrons. The largest absolute Gasteiger partial charge is 0.507 e. The third-order valence-electron chi connectivity index (χ3n) is 3.94. The Morgan fingerprint density at radius 1 is 0.773 bits per heavy atom. The van der Waals surface area contributed by atoms with Gasteiger partial charge in [0, 0.05) is 12.0 Å². The Morgan fingerprint density at radius 3 is 1.91 bits per heavy atom. The van der Waals surface area contributed by atoms with Crippen molar-refractivity contribution in [3.05, 3.63) is 64.7 Å². The van der Waals surface area contributed by atoms with Crippen LogP contribution in [-0.2, 0) is 19.3 Å². The van der Waals surface area contributed by atoms with Crippen LogP contribution in [0.5, 0.6) is 5.75 Å². The SMILES string of the molecule is CC(C)Cc1ccc(CC(C)C)c(Cc2ccccc2)c1O. The summed E-state index contributed by atoms with van der Waals surface area (Å²) >= 11 is 0. The lowest BCUT2D eigenvalue weighted by Crippen LogP contribution is -2.04. The van der Waals surface area contributed by atoms with E-state index in [2.05, 4.69) is 64.1 Å². The number of aromatic hydroxyl groups is 1. The Labute approximate surface area is 135 Å². The van der Waals surface area contributed by atoms with Crippen molar-refractivity contribution in [2.75, 3.05) is 0 Å². The van der Waals surface area contributed by atoms with Gasteiger partial charge in [0.25, 0.3) is 0 Å². The summed E-state index contributed by atoms with van der Waals surface area (Å²) in [5, 5.41) is 10.8. The van der Waals surface area contributed by atoms with Crippen molar-refractivity contribution < 1.29 is 5.11 Å². The minimum absolute atomic E-state index is 0.510. The van der Waals surface area contributed by atoms with Crippen LogP contribution < -0.4 is 0 Å². The molecule has 1 N–H and O–H groups in total. The summed E-state index contributed by atoms with van der Waals surface area (Å²) in [5.41, 5.74) is 4.72. The van der Waals surface area contributed by atoms with Crippen LogP contribution in [0.1, 0.15) is 49.9 Å². The second-order valence-electron chi connectivity index (χ2n) is 7.07. The number of hydrogen-bond donors (Lipinski definition) is 1. The molecule has 0 saturated heterocycles. The molecule has 1 nitrogen and oxygen atoms in total. The predicted molar refractivity (Wildman–Crippen MR) is 94.4 cm³/mol. The van der Waals surface area contributed by atoms with Crippen LogP contribution in [-0.4, -0.2) is 5.11 Å². The quantitative estimate of drug-likeness (QED) is 0.758. The summed E-state index contributed by atoms with van der Waals surface area (Å²) in [5.74, 6) is 1.65. The zero-order valence-electron chi connectivity index (χ0n) is 14.3. The van der Waals surface area contributed by atoms with E-state index in [0.29, 0.717) is 17.6 Å². The second kappa shape index (κ2) is 7.49. The molecule has 2 rings (SSSR count). The first-order chi connectivity index (χ1) is 10.5. The van der Waals surface area contributed by atoms with Gasteiger partial charge in [-0.1, -0.05) is 70.2 Å². The Balaban J connectivity index is 2.40. The smallest absolute Gasteiger partial charge is 0.122 e. The first kappa shape index (κ1) is 16.6. The summed E-state index contributed by atoms with van der Waals surface area (Å²) in [6.45, 7) is 8.84. The van der Waals surface area contributed by atoms with E-state index in [9.17, 15) is 5.11 Å². The average Bonchev–Trinajstić information content (AvgIpc) is 2.46. The minimum Gasteiger partial charge on any atom is -0.507 e. The molecule has 0 unspecified atom stereocenters. The number of rotatable bonds is 6. The molecule has 0 aliphatic carbocycles. The van der Waals surface area contributed by atoms with E-state index >= 15 is 0 Å². The first-order valence-corrected chi connectivity index (χ1v) is 8.34. The number of hydrogen-bond acceptors (Lipinski definition) is 1.